The minimum atomic E-state index is -0.185. The van der Waals surface area contributed by atoms with Gasteiger partial charge in [-0.2, -0.15) is 0 Å². The van der Waals surface area contributed by atoms with Crippen molar-refractivity contribution in [2.24, 2.45) is 0 Å². The molecule has 0 aliphatic rings. The molecule has 0 bridgehead atoms. The first kappa shape index (κ1) is 15.8. The van der Waals surface area contributed by atoms with E-state index in [1.807, 2.05) is 43.3 Å². The molecule has 1 heterocycles. The highest BCUT2D eigenvalue weighted by atomic mass is 16.5. The third-order valence-electron chi connectivity index (χ3n) is 3.32. The van der Waals surface area contributed by atoms with Gasteiger partial charge in [-0.3, -0.25) is 4.98 Å². The number of amides is 2. The average molecular weight is 299 g/mol. The summed E-state index contributed by atoms with van der Waals surface area (Å²) in [7, 11) is 1.64. The Kier molecular flexibility index (Phi) is 5.77. The van der Waals surface area contributed by atoms with E-state index >= 15 is 0 Å². The van der Waals surface area contributed by atoms with Crippen molar-refractivity contribution in [3.63, 3.8) is 0 Å². The Morgan fingerprint density at radius 2 is 2.09 bits per heavy atom. The summed E-state index contributed by atoms with van der Waals surface area (Å²) in [5.41, 5.74) is 3.04. The summed E-state index contributed by atoms with van der Waals surface area (Å²) in [6.45, 7) is 3.01. The first-order chi connectivity index (χ1) is 10.7. The number of nitrogens with one attached hydrogen (secondary N) is 2. The van der Waals surface area contributed by atoms with Crippen LogP contribution in [-0.4, -0.2) is 24.7 Å². The molecule has 2 aromatic rings. The molecule has 0 fully saturated rings. The zero-order valence-electron chi connectivity index (χ0n) is 12.9. The Hall–Kier alpha value is -2.56. The second-order valence-electron chi connectivity index (χ2n) is 4.98. The van der Waals surface area contributed by atoms with Gasteiger partial charge in [0.1, 0.15) is 5.75 Å². The number of ether oxygens (including phenoxy) is 1. The highest BCUT2D eigenvalue weighted by molar-refractivity contribution is 5.73. The highest BCUT2D eigenvalue weighted by Crippen LogP contribution is 2.18. The number of hydrogen-bond acceptors (Lipinski definition) is 3. The second-order valence-corrected chi connectivity index (χ2v) is 4.98. The number of urea groups is 1. The molecule has 2 amide bonds. The quantitative estimate of drug-likeness (QED) is 0.861. The lowest BCUT2D eigenvalue weighted by Crippen LogP contribution is -2.36. The van der Waals surface area contributed by atoms with Gasteiger partial charge < -0.3 is 15.4 Å². The minimum Gasteiger partial charge on any atom is -0.496 e. The van der Waals surface area contributed by atoms with Crippen molar-refractivity contribution in [1.82, 2.24) is 15.6 Å². The number of aryl methyl sites for hydroxylation is 1. The van der Waals surface area contributed by atoms with Gasteiger partial charge in [-0.15, -0.1) is 0 Å². The first-order valence-corrected chi connectivity index (χ1v) is 7.24. The Balaban J connectivity index is 1.73. The molecule has 0 aliphatic heterocycles. The average Bonchev–Trinajstić information content (AvgIpc) is 2.55. The van der Waals surface area contributed by atoms with Crippen LogP contribution < -0.4 is 15.4 Å². The van der Waals surface area contributed by atoms with Gasteiger partial charge in [0, 0.05) is 31.4 Å². The van der Waals surface area contributed by atoms with E-state index < -0.39 is 0 Å². The van der Waals surface area contributed by atoms with Crippen molar-refractivity contribution >= 4 is 6.03 Å². The van der Waals surface area contributed by atoms with Crippen LogP contribution in [0.3, 0.4) is 0 Å². The largest absolute Gasteiger partial charge is 0.496 e. The van der Waals surface area contributed by atoms with Gasteiger partial charge in [0.25, 0.3) is 0 Å². The molecule has 0 unspecified atom stereocenters. The maximum absolute atomic E-state index is 11.8. The van der Waals surface area contributed by atoms with E-state index in [9.17, 15) is 4.79 Å². The number of pyridine rings is 1. The topological polar surface area (TPSA) is 63.2 Å². The molecule has 2 rings (SSSR count). The Labute approximate surface area is 130 Å². The van der Waals surface area contributed by atoms with E-state index in [0.717, 1.165) is 22.6 Å². The molecule has 0 radical (unpaired) electrons. The molecule has 0 saturated carbocycles. The van der Waals surface area contributed by atoms with Crippen LogP contribution in [0, 0.1) is 6.92 Å². The summed E-state index contributed by atoms with van der Waals surface area (Å²) < 4.78 is 5.27. The Morgan fingerprint density at radius 3 is 2.82 bits per heavy atom. The first-order valence-electron chi connectivity index (χ1n) is 7.24. The molecular formula is C17H21N3O2. The van der Waals surface area contributed by atoms with Crippen LogP contribution in [0.4, 0.5) is 4.79 Å². The van der Waals surface area contributed by atoms with E-state index in [4.69, 9.17) is 4.74 Å². The molecule has 116 valence electrons. The number of aromatic nitrogens is 1. The van der Waals surface area contributed by atoms with Crippen LogP contribution in [0.1, 0.15) is 16.8 Å². The smallest absolute Gasteiger partial charge is 0.315 e. The SMILES string of the molecule is COc1cc(CNC(=O)NCCc2ccccn2)ccc1C. The summed E-state index contributed by atoms with van der Waals surface area (Å²) in [6, 6.07) is 11.5. The third kappa shape index (κ3) is 4.77. The summed E-state index contributed by atoms with van der Waals surface area (Å²) in [5, 5.41) is 5.65. The molecule has 5 heteroatoms. The zero-order chi connectivity index (χ0) is 15.8. The van der Waals surface area contributed by atoms with Crippen LogP contribution in [0.2, 0.25) is 0 Å². The fourth-order valence-corrected chi connectivity index (χ4v) is 2.07. The van der Waals surface area contributed by atoms with Gasteiger partial charge >= 0.3 is 6.03 Å². The van der Waals surface area contributed by atoms with Gasteiger partial charge in [0.05, 0.1) is 7.11 Å². The van der Waals surface area contributed by atoms with E-state index in [-0.39, 0.29) is 6.03 Å². The number of carbonyl (C=O) groups excluding carboxylic acids is 1. The molecule has 0 spiro atoms. The number of rotatable bonds is 6. The maximum atomic E-state index is 11.8. The van der Waals surface area contributed by atoms with Crippen molar-refractivity contribution in [2.45, 2.75) is 19.9 Å². The van der Waals surface area contributed by atoms with E-state index in [1.54, 1.807) is 13.3 Å². The minimum absolute atomic E-state index is 0.185. The summed E-state index contributed by atoms with van der Waals surface area (Å²) >= 11 is 0. The highest BCUT2D eigenvalue weighted by Gasteiger charge is 2.03. The third-order valence-corrected chi connectivity index (χ3v) is 3.32. The molecule has 1 aromatic heterocycles. The predicted octanol–water partition coefficient (Wildman–Crippen LogP) is 2.44. The Bertz CT molecular complexity index is 615. The second kappa shape index (κ2) is 8.02. The zero-order valence-corrected chi connectivity index (χ0v) is 12.9. The van der Waals surface area contributed by atoms with Gasteiger partial charge in [0.2, 0.25) is 0 Å². The number of methoxy groups -OCH3 is 1. The van der Waals surface area contributed by atoms with Crippen molar-refractivity contribution < 1.29 is 9.53 Å². The molecule has 0 saturated heterocycles. The number of carbonyl (C=O) groups is 1. The number of hydrogen-bond donors (Lipinski definition) is 2. The molecule has 2 N–H and O–H groups in total. The van der Waals surface area contributed by atoms with Crippen LogP contribution in [0.25, 0.3) is 0 Å². The standard InChI is InChI=1S/C17H21N3O2/c1-13-6-7-14(11-16(13)22-2)12-20-17(21)19-10-8-15-5-3-4-9-18-15/h3-7,9,11H,8,10,12H2,1-2H3,(H2,19,20,21). The summed E-state index contributed by atoms with van der Waals surface area (Å²) in [5.74, 6) is 0.829. The maximum Gasteiger partial charge on any atom is 0.315 e. The lowest BCUT2D eigenvalue weighted by Gasteiger charge is -2.10. The lowest BCUT2D eigenvalue weighted by atomic mass is 10.1. The lowest BCUT2D eigenvalue weighted by molar-refractivity contribution is 0.240. The molecular weight excluding hydrogens is 278 g/mol. The molecule has 22 heavy (non-hydrogen) atoms. The number of nitrogens with zero attached hydrogens (tertiary/aromatic N) is 1. The summed E-state index contributed by atoms with van der Waals surface area (Å²) in [4.78, 5) is 16.0. The van der Waals surface area contributed by atoms with Crippen LogP contribution in [0.5, 0.6) is 5.75 Å². The number of benzene rings is 1. The van der Waals surface area contributed by atoms with Gasteiger partial charge in [-0.25, -0.2) is 4.79 Å². The van der Waals surface area contributed by atoms with E-state index in [2.05, 4.69) is 15.6 Å². The molecule has 0 atom stereocenters. The molecule has 1 aromatic carbocycles. The predicted molar refractivity (Wildman–Crippen MR) is 85.9 cm³/mol. The molecule has 0 aliphatic carbocycles. The van der Waals surface area contributed by atoms with Crippen molar-refractivity contribution in [3.8, 4) is 5.75 Å². The molecule has 5 nitrogen and oxygen atoms in total. The van der Waals surface area contributed by atoms with E-state index in [0.29, 0.717) is 19.5 Å². The van der Waals surface area contributed by atoms with Gasteiger partial charge in [-0.05, 0) is 36.2 Å². The van der Waals surface area contributed by atoms with E-state index in [1.165, 1.54) is 0 Å². The Morgan fingerprint density at radius 1 is 1.23 bits per heavy atom. The fraction of sp³-hybridized carbons (Fsp3) is 0.294. The van der Waals surface area contributed by atoms with Crippen LogP contribution >= 0.6 is 0 Å². The van der Waals surface area contributed by atoms with Crippen LogP contribution in [-0.2, 0) is 13.0 Å². The van der Waals surface area contributed by atoms with Crippen molar-refractivity contribution in [1.29, 1.82) is 0 Å². The fourth-order valence-electron chi connectivity index (χ4n) is 2.07. The summed E-state index contributed by atoms with van der Waals surface area (Å²) in [6.07, 6.45) is 2.47. The van der Waals surface area contributed by atoms with Crippen molar-refractivity contribution in [2.75, 3.05) is 13.7 Å². The van der Waals surface area contributed by atoms with Gasteiger partial charge in [0.15, 0.2) is 0 Å². The van der Waals surface area contributed by atoms with Crippen LogP contribution in [0.15, 0.2) is 42.6 Å². The normalized spacial score (nSPS) is 10.1. The van der Waals surface area contributed by atoms with Crippen molar-refractivity contribution in [3.05, 3.63) is 59.4 Å². The van der Waals surface area contributed by atoms with Gasteiger partial charge in [-0.1, -0.05) is 18.2 Å². The monoisotopic (exact) mass is 299 g/mol.